The number of rotatable bonds is 3. The van der Waals surface area contributed by atoms with E-state index in [-0.39, 0.29) is 22.5 Å². The predicted octanol–water partition coefficient (Wildman–Crippen LogP) is 2.87. The number of likely N-dealkylation sites (tertiary alicyclic amines) is 1. The van der Waals surface area contributed by atoms with Gasteiger partial charge in [0.05, 0.1) is 17.3 Å². The lowest BCUT2D eigenvalue weighted by molar-refractivity contribution is -0.0791. The third-order valence-electron chi connectivity index (χ3n) is 3.31. The smallest absolute Gasteiger partial charge is 0.345 e. The van der Waals surface area contributed by atoms with Crippen LogP contribution in [0.3, 0.4) is 0 Å². The Morgan fingerprint density at radius 3 is 2.43 bits per heavy atom. The zero-order valence-electron chi connectivity index (χ0n) is 12.6. The Kier molecular flexibility index (Phi) is 4.68. The van der Waals surface area contributed by atoms with E-state index in [1.165, 1.54) is 6.07 Å². The molecule has 116 valence electrons. The van der Waals surface area contributed by atoms with Crippen molar-refractivity contribution in [2.75, 3.05) is 13.1 Å². The maximum absolute atomic E-state index is 12.3. The number of piperidine rings is 1. The fraction of sp³-hybridized carbons (Fsp3) is 0.600. The summed E-state index contributed by atoms with van der Waals surface area (Å²) < 4.78 is 5.93. The molecule has 2 heterocycles. The maximum atomic E-state index is 12.3. The highest BCUT2D eigenvalue weighted by Crippen LogP contribution is 2.22. The van der Waals surface area contributed by atoms with Crippen molar-refractivity contribution in [1.29, 1.82) is 0 Å². The largest absolute Gasteiger partial charge is 0.477 e. The lowest BCUT2D eigenvalue weighted by Crippen LogP contribution is -2.42. The van der Waals surface area contributed by atoms with Crippen molar-refractivity contribution in [3.63, 3.8) is 0 Å². The molecule has 0 unspecified atom stereocenters. The third-order valence-corrected chi connectivity index (χ3v) is 4.22. The van der Waals surface area contributed by atoms with Gasteiger partial charge in [0.2, 0.25) is 0 Å². The molecule has 1 amide bonds. The first kappa shape index (κ1) is 16.0. The maximum Gasteiger partial charge on any atom is 0.345 e. The minimum absolute atomic E-state index is 0.0899. The molecule has 2 rings (SSSR count). The number of carbonyl (C=O) groups excluding carboxylic acids is 1. The van der Waals surface area contributed by atoms with Gasteiger partial charge in [0, 0.05) is 18.5 Å². The highest BCUT2D eigenvalue weighted by atomic mass is 32.1. The van der Waals surface area contributed by atoms with Crippen LogP contribution in [0.5, 0.6) is 0 Å². The number of ether oxygens (including phenoxy) is 1. The van der Waals surface area contributed by atoms with Crippen molar-refractivity contribution >= 4 is 23.2 Å². The van der Waals surface area contributed by atoms with Crippen molar-refractivity contribution in [1.82, 2.24) is 4.90 Å². The number of thiophene rings is 1. The van der Waals surface area contributed by atoms with Crippen LogP contribution in [-0.2, 0) is 4.74 Å². The fourth-order valence-electron chi connectivity index (χ4n) is 2.42. The Balaban J connectivity index is 1.92. The minimum atomic E-state index is -0.990. The number of carboxylic acids is 1. The Bertz CT molecular complexity index is 524. The molecular weight excluding hydrogens is 290 g/mol. The van der Waals surface area contributed by atoms with Crippen LogP contribution >= 0.6 is 11.3 Å². The van der Waals surface area contributed by atoms with Crippen molar-refractivity contribution < 1.29 is 19.4 Å². The van der Waals surface area contributed by atoms with Crippen LogP contribution in [-0.4, -0.2) is 46.7 Å². The normalized spacial score (nSPS) is 17.0. The van der Waals surface area contributed by atoms with E-state index in [9.17, 15) is 9.59 Å². The van der Waals surface area contributed by atoms with Crippen molar-refractivity contribution in [3.8, 4) is 0 Å². The number of nitrogens with zero attached hydrogens (tertiary/aromatic N) is 1. The molecule has 5 nitrogen and oxygen atoms in total. The van der Waals surface area contributed by atoms with E-state index in [1.54, 1.807) is 10.3 Å². The second-order valence-corrected chi connectivity index (χ2v) is 7.14. The standard InChI is InChI=1S/C15H21NO4S/c1-15(2,3)20-11-4-6-16(7-5-11)13(17)10-8-12(14(18)19)21-9-10/h8-9,11H,4-7H2,1-3H3,(H,18,19). The molecule has 0 atom stereocenters. The van der Waals surface area contributed by atoms with Gasteiger partial charge in [0.15, 0.2) is 0 Å². The fourth-order valence-corrected chi connectivity index (χ4v) is 3.14. The number of carboxylic acid groups (broad SMARTS) is 1. The molecule has 0 bridgehead atoms. The predicted molar refractivity (Wildman–Crippen MR) is 81.0 cm³/mol. The minimum Gasteiger partial charge on any atom is -0.477 e. The van der Waals surface area contributed by atoms with Crippen LogP contribution in [0.15, 0.2) is 11.4 Å². The first-order chi connectivity index (χ1) is 9.76. The summed E-state index contributed by atoms with van der Waals surface area (Å²) in [6.45, 7) is 7.39. The van der Waals surface area contributed by atoms with Gasteiger partial charge in [-0.3, -0.25) is 4.79 Å². The van der Waals surface area contributed by atoms with E-state index < -0.39 is 5.97 Å². The molecule has 1 aromatic heterocycles. The van der Waals surface area contributed by atoms with Gasteiger partial charge in [0.1, 0.15) is 4.88 Å². The van der Waals surface area contributed by atoms with Gasteiger partial charge >= 0.3 is 5.97 Å². The lowest BCUT2D eigenvalue weighted by atomic mass is 10.1. The van der Waals surface area contributed by atoms with E-state index >= 15 is 0 Å². The van der Waals surface area contributed by atoms with E-state index in [0.717, 1.165) is 24.2 Å². The van der Waals surface area contributed by atoms with Gasteiger partial charge in [0.25, 0.3) is 5.91 Å². The molecule has 1 fully saturated rings. The zero-order valence-corrected chi connectivity index (χ0v) is 13.4. The van der Waals surface area contributed by atoms with Crippen molar-refractivity contribution in [3.05, 3.63) is 21.9 Å². The molecule has 0 aromatic carbocycles. The molecule has 0 spiro atoms. The van der Waals surface area contributed by atoms with Gasteiger partial charge in [-0.15, -0.1) is 11.3 Å². The number of aromatic carboxylic acids is 1. The molecule has 1 aliphatic rings. The Labute approximate surface area is 128 Å². The summed E-state index contributed by atoms with van der Waals surface area (Å²) >= 11 is 1.09. The third kappa shape index (κ3) is 4.28. The first-order valence-electron chi connectivity index (χ1n) is 7.05. The first-order valence-corrected chi connectivity index (χ1v) is 7.93. The number of hydrogen-bond donors (Lipinski definition) is 1. The molecule has 21 heavy (non-hydrogen) atoms. The number of amides is 1. The number of hydrogen-bond acceptors (Lipinski definition) is 4. The monoisotopic (exact) mass is 311 g/mol. The van der Waals surface area contributed by atoms with Gasteiger partial charge < -0.3 is 14.7 Å². The number of carbonyl (C=O) groups is 2. The molecule has 1 N–H and O–H groups in total. The van der Waals surface area contributed by atoms with Crippen LogP contribution < -0.4 is 0 Å². The average molecular weight is 311 g/mol. The summed E-state index contributed by atoms with van der Waals surface area (Å²) in [4.78, 5) is 25.2. The Morgan fingerprint density at radius 2 is 1.95 bits per heavy atom. The molecule has 1 aromatic rings. The molecule has 1 saturated heterocycles. The quantitative estimate of drug-likeness (QED) is 0.932. The summed E-state index contributed by atoms with van der Waals surface area (Å²) in [5.74, 6) is -1.08. The molecular formula is C15H21NO4S. The van der Waals surface area contributed by atoms with Crippen molar-refractivity contribution in [2.24, 2.45) is 0 Å². The van der Waals surface area contributed by atoms with E-state index in [2.05, 4.69) is 0 Å². The topological polar surface area (TPSA) is 66.8 Å². The summed E-state index contributed by atoms with van der Waals surface area (Å²) in [6, 6.07) is 1.45. The van der Waals surface area contributed by atoms with Crippen LogP contribution in [0.1, 0.15) is 53.6 Å². The lowest BCUT2D eigenvalue weighted by Gasteiger charge is -2.35. The van der Waals surface area contributed by atoms with Crippen LogP contribution in [0.2, 0.25) is 0 Å². The van der Waals surface area contributed by atoms with Gasteiger partial charge in [-0.2, -0.15) is 0 Å². The summed E-state index contributed by atoms with van der Waals surface area (Å²) in [5.41, 5.74) is 0.299. The second kappa shape index (κ2) is 6.15. The highest BCUT2D eigenvalue weighted by molar-refractivity contribution is 7.12. The van der Waals surface area contributed by atoms with Crippen LogP contribution in [0.25, 0.3) is 0 Å². The second-order valence-electron chi connectivity index (χ2n) is 6.23. The Hall–Kier alpha value is -1.40. The average Bonchev–Trinajstić information content (AvgIpc) is 2.86. The van der Waals surface area contributed by atoms with E-state index in [4.69, 9.17) is 9.84 Å². The molecule has 0 saturated carbocycles. The van der Waals surface area contributed by atoms with Crippen molar-refractivity contribution in [2.45, 2.75) is 45.3 Å². The summed E-state index contributed by atoms with van der Waals surface area (Å²) in [6.07, 6.45) is 1.82. The molecule has 0 radical (unpaired) electrons. The summed E-state index contributed by atoms with van der Waals surface area (Å²) in [7, 11) is 0. The molecule has 0 aliphatic carbocycles. The Morgan fingerprint density at radius 1 is 1.33 bits per heavy atom. The molecule has 1 aliphatic heterocycles. The van der Waals surface area contributed by atoms with Gasteiger partial charge in [-0.05, 0) is 39.7 Å². The van der Waals surface area contributed by atoms with E-state index in [1.807, 2.05) is 20.8 Å². The van der Waals surface area contributed by atoms with E-state index in [0.29, 0.717) is 18.7 Å². The van der Waals surface area contributed by atoms with Gasteiger partial charge in [-0.25, -0.2) is 4.79 Å². The van der Waals surface area contributed by atoms with Crippen LogP contribution in [0, 0.1) is 0 Å². The molecule has 6 heteroatoms. The highest BCUT2D eigenvalue weighted by Gasteiger charge is 2.27. The van der Waals surface area contributed by atoms with Gasteiger partial charge in [-0.1, -0.05) is 0 Å². The van der Waals surface area contributed by atoms with Crippen LogP contribution in [0.4, 0.5) is 0 Å². The zero-order chi connectivity index (χ0) is 15.6. The SMILES string of the molecule is CC(C)(C)OC1CCN(C(=O)c2csc(C(=O)O)c2)CC1. The summed E-state index contributed by atoms with van der Waals surface area (Å²) in [5, 5.41) is 10.5.